The van der Waals surface area contributed by atoms with Crippen molar-refractivity contribution in [1.29, 1.82) is 0 Å². The summed E-state index contributed by atoms with van der Waals surface area (Å²) in [5.74, 6) is 0. The van der Waals surface area contributed by atoms with E-state index in [2.05, 4.69) is 4.99 Å². The van der Waals surface area contributed by atoms with Gasteiger partial charge in [0.1, 0.15) is 0 Å². The van der Waals surface area contributed by atoms with Crippen molar-refractivity contribution in [3.8, 4) is 0 Å². The maximum atomic E-state index is 13.1. The van der Waals surface area contributed by atoms with Crippen molar-refractivity contribution < 1.29 is 26.3 Å². The van der Waals surface area contributed by atoms with Gasteiger partial charge in [-0.25, -0.2) is 0 Å². The molecule has 0 saturated carbocycles. The van der Waals surface area contributed by atoms with Gasteiger partial charge < -0.3 is 4.90 Å². The first-order valence-corrected chi connectivity index (χ1v) is 8.70. The Bertz CT molecular complexity index is 983. The maximum Gasteiger partial charge on any atom is 0.417 e. The second kappa shape index (κ2) is 6.93. The zero-order chi connectivity index (χ0) is 21.6. The molecule has 2 nitrogen and oxygen atoms in total. The summed E-state index contributed by atoms with van der Waals surface area (Å²) in [6.07, 6.45) is -7.27. The summed E-state index contributed by atoms with van der Waals surface area (Å²) in [6.45, 7) is 4.02. The van der Waals surface area contributed by atoms with E-state index in [0.717, 1.165) is 23.0 Å². The molecule has 0 N–H and O–H groups in total. The van der Waals surface area contributed by atoms with Crippen LogP contribution < -0.4 is 4.90 Å². The molecule has 0 aromatic heterocycles. The number of hydrogen-bond acceptors (Lipinski definition) is 2. The Morgan fingerprint density at radius 3 is 2.10 bits per heavy atom. The summed E-state index contributed by atoms with van der Waals surface area (Å²) in [6, 6.07) is 9.52. The van der Waals surface area contributed by atoms with Crippen LogP contribution in [0.2, 0.25) is 0 Å². The van der Waals surface area contributed by atoms with E-state index < -0.39 is 23.5 Å². The molecule has 1 heterocycles. The number of allylic oxidation sites excluding steroid dienone is 2. The molecule has 154 valence electrons. The van der Waals surface area contributed by atoms with Gasteiger partial charge in [-0.15, -0.1) is 0 Å². The Morgan fingerprint density at radius 2 is 1.52 bits per heavy atom. The summed E-state index contributed by atoms with van der Waals surface area (Å²) in [7, 11) is 1.87. The third kappa shape index (κ3) is 3.88. The average Bonchev–Trinajstić information content (AvgIpc) is 2.81. The largest absolute Gasteiger partial charge is 0.417 e. The topological polar surface area (TPSA) is 15.6 Å². The van der Waals surface area contributed by atoms with Gasteiger partial charge in [0, 0.05) is 30.1 Å². The predicted octanol–water partition coefficient (Wildman–Crippen LogP) is 6.74. The average molecular weight is 412 g/mol. The highest BCUT2D eigenvalue weighted by Crippen LogP contribution is 2.46. The van der Waals surface area contributed by atoms with Crippen molar-refractivity contribution in [2.75, 3.05) is 11.9 Å². The SMILES string of the molecule is CN1/C(=C\C=Nc2ccc(C(F)(F)F)c(C(F)(F)F)c2)C(C)(C)c2ccccc21. The second-order valence-electron chi connectivity index (χ2n) is 7.26. The van der Waals surface area contributed by atoms with Gasteiger partial charge in [0.25, 0.3) is 0 Å². The van der Waals surface area contributed by atoms with Crippen LogP contribution in [0.4, 0.5) is 37.7 Å². The van der Waals surface area contributed by atoms with E-state index in [1.165, 1.54) is 6.21 Å². The first-order valence-electron chi connectivity index (χ1n) is 8.70. The lowest BCUT2D eigenvalue weighted by molar-refractivity contribution is -0.162. The molecule has 2 aromatic carbocycles. The molecule has 29 heavy (non-hydrogen) atoms. The zero-order valence-corrected chi connectivity index (χ0v) is 15.9. The lowest BCUT2D eigenvalue weighted by Crippen LogP contribution is -2.23. The molecule has 0 spiro atoms. The molecule has 3 rings (SSSR count). The molecule has 0 aliphatic carbocycles. The van der Waals surface area contributed by atoms with Crippen molar-refractivity contribution in [2.45, 2.75) is 31.6 Å². The van der Waals surface area contributed by atoms with E-state index in [-0.39, 0.29) is 11.1 Å². The number of hydrogen-bond donors (Lipinski definition) is 0. The van der Waals surface area contributed by atoms with Crippen LogP contribution in [-0.4, -0.2) is 13.3 Å². The normalized spacial score (nSPS) is 18.0. The zero-order valence-electron chi connectivity index (χ0n) is 15.9. The Kier molecular flexibility index (Phi) is 5.01. The van der Waals surface area contributed by atoms with Gasteiger partial charge in [0.05, 0.1) is 16.8 Å². The van der Waals surface area contributed by atoms with Crippen molar-refractivity contribution in [2.24, 2.45) is 4.99 Å². The van der Waals surface area contributed by atoms with Crippen molar-refractivity contribution in [3.63, 3.8) is 0 Å². The number of rotatable bonds is 2. The van der Waals surface area contributed by atoms with Crippen LogP contribution in [0.5, 0.6) is 0 Å². The monoisotopic (exact) mass is 412 g/mol. The third-order valence-electron chi connectivity index (χ3n) is 5.01. The first kappa shape index (κ1) is 21.0. The number of likely N-dealkylation sites (N-methyl/N-ethyl adjacent to an activating group) is 1. The van der Waals surface area contributed by atoms with Gasteiger partial charge >= 0.3 is 12.4 Å². The predicted molar refractivity (Wildman–Crippen MR) is 101 cm³/mol. The van der Waals surface area contributed by atoms with Crippen molar-refractivity contribution in [1.82, 2.24) is 0 Å². The quantitative estimate of drug-likeness (QED) is 0.394. The van der Waals surface area contributed by atoms with E-state index in [9.17, 15) is 26.3 Å². The molecule has 0 unspecified atom stereocenters. The van der Waals surface area contributed by atoms with Crippen LogP contribution in [-0.2, 0) is 17.8 Å². The molecular weight excluding hydrogens is 394 g/mol. The molecule has 0 atom stereocenters. The summed E-state index contributed by atoms with van der Waals surface area (Å²) in [4.78, 5) is 5.89. The molecule has 0 radical (unpaired) electrons. The summed E-state index contributed by atoms with van der Waals surface area (Å²) < 4.78 is 77.8. The molecule has 8 heteroatoms. The molecule has 2 aromatic rings. The van der Waals surface area contributed by atoms with Gasteiger partial charge in [-0.2, -0.15) is 26.3 Å². The number of aliphatic imine (C=N–C) groups is 1. The summed E-state index contributed by atoms with van der Waals surface area (Å²) in [5.41, 5.74) is -1.08. The van der Waals surface area contributed by atoms with Crippen LogP contribution in [0, 0.1) is 0 Å². The lowest BCUT2D eigenvalue weighted by atomic mass is 9.84. The first-order chi connectivity index (χ1) is 13.3. The highest BCUT2D eigenvalue weighted by Gasteiger charge is 2.43. The van der Waals surface area contributed by atoms with Gasteiger partial charge in [-0.1, -0.05) is 32.0 Å². The smallest absolute Gasteiger partial charge is 0.347 e. The Balaban J connectivity index is 1.95. The number of alkyl halides is 6. The van der Waals surface area contributed by atoms with Crippen molar-refractivity contribution >= 4 is 17.6 Å². The van der Waals surface area contributed by atoms with E-state index in [1.54, 1.807) is 6.08 Å². The van der Waals surface area contributed by atoms with Gasteiger partial charge in [0.15, 0.2) is 0 Å². The number of para-hydroxylation sites is 1. The highest BCUT2D eigenvalue weighted by atomic mass is 19.4. The van der Waals surface area contributed by atoms with Crippen LogP contribution >= 0.6 is 0 Å². The Morgan fingerprint density at radius 1 is 0.897 bits per heavy atom. The fraction of sp³-hybridized carbons (Fsp3) is 0.286. The molecule has 0 bridgehead atoms. The van der Waals surface area contributed by atoms with E-state index in [1.807, 2.05) is 50.1 Å². The van der Waals surface area contributed by atoms with E-state index >= 15 is 0 Å². The fourth-order valence-corrected chi connectivity index (χ4v) is 3.59. The minimum atomic E-state index is -5.13. The molecule has 0 amide bonds. The van der Waals surface area contributed by atoms with Gasteiger partial charge in [-0.3, -0.25) is 4.99 Å². The molecular formula is C21H18F6N2. The van der Waals surface area contributed by atoms with Gasteiger partial charge in [0.2, 0.25) is 0 Å². The van der Waals surface area contributed by atoms with Crippen molar-refractivity contribution in [3.05, 3.63) is 70.9 Å². The third-order valence-corrected chi connectivity index (χ3v) is 5.01. The number of benzene rings is 2. The number of halogens is 6. The lowest BCUT2D eigenvalue weighted by Gasteiger charge is -2.23. The fourth-order valence-electron chi connectivity index (χ4n) is 3.59. The molecule has 1 aliphatic rings. The highest BCUT2D eigenvalue weighted by molar-refractivity contribution is 5.81. The van der Waals surface area contributed by atoms with E-state index in [0.29, 0.717) is 12.1 Å². The number of anilines is 1. The van der Waals surface area contributed by atoms with Crippen LogP contribution in [0.1, 0.15) is 30.5 Å². The van der Waals surface area contributed by atoms with Crippen LogP contribution in [0.15, 0.2) is 59.2 Å². The molecule has 0 saturated heterocycles. The number of fused-ring (bicyclic) bond motifs is 1. The Hall–Kier alpha value is -2.77. The summed E-state index contributed by atoms with van der Waals surface area (Å²) in [5, 5.41) is 0. The van der Waals surface area contributed by atoms with Crippen LogP contribution in [0.25, 0.3) is 0 Å². The minimum Gasteiger partial charge on any atom is -0.347 e. The summed E-state index contributed by atoms with van der Waals surface area (Å²) >= 11 is 0. The number of nitrogens with zero attached hydrogens (tertiary/aromatic N) is 2. The van der Waals surface area contributed by atoms with Crippen LogP contribution in [0.3, 0.4) is 0 Å². The maximum absolute atomic E-state index is 13.1. The van der Waals surface area contributed by atoms with Gasteiger partial charge in [-0.05, 0) is 35.9 Å². The minimum absolute atomic E-state index is 0.210. The molecule has 1 aliphatic heterocycles. The van der Waals surface area contributed by atoms with E-state index in [4.69, 9.17) is 0 Å². The standard InChI is InChI=1S/C21H18F6N2/c1-19(2)15-6-4-5-7-17(15)29(3)18(19)10-11-28-13-8-9-14(20(22,23)24)16(12-13)21(25,26)27/h4-12H,1-3H3/b18-10-,28-11?. The second-order valence-corrected chi connectivity index (χ2v) is 7.26. The molecule has 0 fully saturated rings. The Labute approximate surface area is 164 Å².